The number of nitrogens with zero attached hydrogens (tertiary/aromatic N) is 4. The number of aromatic amines is 1. The van der Waals surface area contributed by atoms with Crippen LogP contribution in [0.2, 0.25) is 0 Å². The van der Waals surface area contributed by atoms with E-state index >= 15 is 0 Å². The number of pyridine rings is 1. The van der Waals surface area contributed by atoms with Crippen molar-refractivity contribution < 1.29 is 14.4 Å². The number of benzene rings is 1. The second kappa shape index (κ2) is 6.00. The molecule has 0 spiro atoms. The SMILES string of the molecule is CN1CC[C@@](O)(c2cc(-c3cccc(-c4ccc5[nH]ncc5n4)c3)no2)C1=O. The molecule has 1 aliphatic rings. The number of aliphatic hydroxyl groups is 1. The highest BCUT2D eigenvalue weighted by molar-refractivity contribution is 5.88. The average molecular weight is 375 g/mol. The van der Waals surface area contributed by atoms with Gasteiger partial charge in [0.05, 0.1) is 17.4 Å². The van der Waals surface area contributed by atoms with Crippen LogP contribution in [0.4, 0.5) is 0 Å². The quantitative estimate of drug-likeness (QED) is 0.569. The summed E-state index contributed by atoms with van der Waals surface area (Å²) in [5.41, 5.74) is 3.11. The van der Waals surface area contributed by atoms with Gasteiger partial charge in [0.15, 0.2) is 5.76 Å². The monoisotopic (exact) mass is 375 g/mol. The van der Waals surface area contributed by atoms with Gasteiger partial charge >= 0.3 is 0 Å². The topological polar surface area (TPSA) is 108 Å². The first-order valence-corrected chi connectivity index (χ1v) is 8.91. The maximum Gasteiger partial charge on any atom is 0.262 e. The van der Waals surface area contributed by atoms with Gasteiger partial charge < -0.3 is 14.5 Å². The number of rotatable bonds is 3. The van der Waals surface area contributed by atoms with Gasteiger partial charge in [-0.05, 0) is 18.2 Å². The molecule has 140 valence electrons. The van der Waals surface area contributed by atoms with E-state index in [1.54, 1.807) is 19.3 Å². The van der Waals surface area contributed by atoms with Crippen LogP contribution in [0.15, 0.2) is 53.2 Å². The smallest absolute Gasteiger partial charge is 0.262 e. The molecule has 2 N–H and O–H groups in total. The van der Waals surface area contributed by atoms with Crippen LogP contribution < -0.4 is 0 Å². The number of carbonyl (C=O) groups excluding carboxylic acids is 1. The highest BCUT2D eigenvalue weighted by atomic mass is 16.5. The minimum Gasteiger partial charge on any atom is -0.373 e. The molecule has 0 saturated carbocycles. The number of hydrogen-bond donors (Lipinski definition) is 2. The maximum absolute atomic E-state index is 12.3. The fourth-order valence-corrected chi connectivity index (χ4v) is 3.52. The maximum atomic E-state index is 12.3. The van der Waals surface area contributed by atoms with Crippen molar-refractivity contribution in [3.8, 4) is 22.5 Å². The van der Waals surface area contributed by atoms with Gasteiger partial charge in [-0.2, -0.15) is 5.10 Å². The number of carbonyl (C=O) groups is 1. The number of nitrogens with one attached hydrogen (secondary N) is 1. The van der Waals surface area contributed by atoms with E-state index < -0.39 is 5.60 Å². The van der Waals surface area contributed by atoms with Crippen LogP contribution in [0.5, 0.6) is 0 Å². The van der Waals surface area contributed by atoms with Crippen molar-refractivity contribution in [1.82, 2.24) is 25.2 Å². The van der Waals surface area contributed by atoms with Crippen molar-refractivity contribution in [2.75, 3.05) is 13.6 Å². The van der Waals surface area contributed by atoms with Gasteiger partial charge in [0, 0.05) is 37.2 Å². The second-order valence-electron chi connectivity index (χ2n) is 6.99. The van der Waals surface area contributed by atoms with Crippen molar-refractivity contribution in [1.29, 1.82) is 0 Å². The van der Waals surface area contributed by atoms with Crippen LogP contribution in [0, 0.1) is 0 Å². The molecule has 1 amide bonds. The number of aromatic nitrogens is 4. The Kier molecular flexibility index (Phi) is 3.56. The lowest BCUT2D eigenvalue weighted by Gasteiger charge is -2.16. The second-order valence-corrected chi connectivity index (χ2v) is 6.99. The molecule has 4 heterocycles. The molecular formula is C20H17N5O3. The Hall–Kier alpha value is -3.52. The summed E-state index contributed by atoms with van der Waals surface area (Å²) in [6.07, 6.45) is 1.97. The molecule has 8 heteroatoms. The molecule has 28 heavy (non-hydrogen) atoms. The number of amides is 1. The van der Waals surface area contributed by atoms with E-state index in [1.807, 2.05) is 36.4 Å². The third-order valence-corrected chi connectivity index (χ3v) is 5.18. The Bertz CT molecular complexity index is 1200. The average Bonchev–Trinajstić information content (AvgIpc) is 3.45. The van der Waals surface area contributed by atoms with E-state index in [4.69, 9.17) is 4.52 Å². The summed E-state index contributed by atoms with van der Waals surface area (Å²) in [5.74, 6) is -0.207. The summed E-state index contributed by atoms with van der Waals surface area (Å²) >= 11 is 0. The molecule has 0 radical (unpaired) electrons. The first kappa shape index (κ1) is 16.6. The fourth-order valence-electron chi connectivity index (χ4n) is 3.52. The molecule has 1 fully saturated rings. The minimum atomic E-state index is -1.65. The molecule has 1 aromatic carbocycles. The summed E-state index contributed by atoms with van der Waals surface area (Å²) in [5, 5.41) is 21.7. The third-order valence-electron chi connectivity index (χ3n) is 5.18. The summed E-state index contributed by atoms with van der Waals surface area (Å²) in [4.78, 5) is 18.4. The Labute approximate surface area is 159 Å². The minimum absolute atomic E-state index is 0.167. The van der Waals surface area contributed by atoms with Crippen molar-refractivity contribution in [2.45, 2.75) is 12.0 Å². The highest BCUT2D eigenvalue weighted by Gasteiger charge is 2.48. The first-order valence-electron chi connectivity index (χ1n) is 8.91. The molecule has 3 aromatic heterocycles. The fraction of sp³-hybridized carbons (Fsp3) is 0.200. The van der Waals surface area contributed by atoms with Crippen LogP contribution in [0.25, 0.3) is 33.5 Å². The van der Waals surface area contributed by atoms with E-state index in [0.29, 0.717) is 12.2 Å². The Morgan fingerprint density at radius 3 is 2.79 bits per heavy atom. The number of hydrogen-bond acceptors (Lipinski definition) is 6. The summed E-state index contributed by atoms with van der Waals surface area (Å²) in [6.45, 7) is 0.475. The van der Waals surface area contributed by atoms with E-state index in [0.717, 1.165) is 27.9 Å². The highest BCUT2D eigenvalue weighted by Crippen LogP contribution is 2.35. The van der Waals surface area contributed by atoms with Crippen molar-refractivity contribution in [3.05, 3.63) is 54.4 Å². The lowest BCUT2D eigenvalue weighted by Crippen LogP contribution is -2.35. The lowest BCUT2D eigenvalue weighted by molar-refractivity contribution is -0.144. The van der Waals surface area contributed by atoms with E-state index in [-0.39, 0.29) is 18.1 Å². The Morgan fingerprint density at radius 1 is 1.18 bits per heavy atom. The van der Waals surface area contributed by atoms with E-state index in [2.05, 4.69) is 20.3 Å². The van der Waals surface area contributed by atoms with Gasteiger partial charge in [-0.3, -0.25) is 9.89 Å². The molecule has 1 aliphatic heterocycles. The van der Waals surface area contributed by atoms with Crippen LogP contribution in [-0.2, 0) is 10.4 Å². The summed E-state index contributed by atoms with van der Waals surface area (Å²) in [7, 11) is 1.66. The van der Waals surface area contributed by atoms with E-state index in [9.17, 15) is 9.90 Å². The predicted molar refractivity (Wildman–Crippen MR) is 101 cm³/mol. The molecule has 8 nitrogen and oxygen atoms in total. The molecule has 0 bridgehead atoms. The lowest BCUT2D eigenvalue weighted by atomic mass is 9.97. The third kappa shape index (κ3) is 2.49. The Balaban J connectivity index is 1.50. The van der Waals surface area contributed by atoms with Gasteiger partial charge in [0.1, 0.15) is 11.2 Å². The molecule has 5 rings (SSSR count). The normalized spacial score (nSPS) is 19.6. The largest absolute Gasteiger partial charge is 0.373 e. The van der Waals surface area contributed by atoms with E-state index in [1.165, 1.54) is 4.90 Å². The zero-order chi connectivity index (χ0) is 19.3. The van der Waals surface area contributed by atoms with Crippen molar-refractivity contribution >= 4 is 16.9 Å². The molecule has 1 saturated heterocycles. The van der Waals surface area contributed by atoms with Gasteiger partial charge in [-0.1, -0.05) is 23.4 Å². The predicted octanol–water partition coefficient (Wildman–Crippen LogP) is 2.33. The van der Waals surface area contributed by atoms with Crippen molar-refractivity contribution in [3.63, 3.8) is 0 Å². The molecule has 0 aliphatic carbocycles. The zero-order valence-corrected chi connectivity index (χ0v) is 15.1. The number of likely N-dealkylation sites (tertiary alicyclic amines) is 1. The van der Waals surface area contributed by atoms with Crippen LogP contribution in [0.3, 0.4) is 0 Å². The first-order chi connectivity index (χ1) is 13.5. The molecule has 4 aromatic rings. The Morgan fingerprint density at radius 2 is 2.00 bits per heavy atom. The summed E-state index contributed by atoms with van der Waals surface area (Å²) < 4.78 is 5.34. The molecule has 0 unspecified atom stereocenters. The number of fused-ring (bicyclic) bond motifs is 1. The van der Waals surface area contributed by atoms with Gasteiger partial charge in [-0.25, -0.2) is 4.98 Å². The molecule has 1 atom stereocenters. The number of H-pyrrole nitrogens is 1. The van der Waals surface area contributed by atoms with Crippen molar-refractivity contribution in [2.24, 2.45) is 0 Å². The van der Waals surface area contributed by atoms with Gasteiger partial charge in [0.25, 0.3) is 5.91 Å². The zero-order valence-electron chi connectivity index (χ0n) is 15.1. The van der Waals surface area contributed by atoms with Crippen LogP contribution in [-0.4, -0.2) is 49.8 Å². The molecular weight excluding hydrogens is 358 g/mol. The van der Waals surface area contributed by atoms with Gasteiger partial charge in [-0.15, -0.1) is 0 Å². The number of likely N-dealkylation sites (N-methyl/N-ethyl adjacent to an activating group) is 1. The van der Waals surface area contributed by atoms with Gasteiger partial charge in [0.2, 0.25) is 5.60 Å². The summed E-state index contributed by atoms with van der Waals surface area (Å²) in [6, 6.07) is 13.2. The standard InChI is InChI=1S/C20H17N5O3/c1-25-8-7-20(27,19(25)26)18-10-16(24-28-18)13-4-2-3-12(9-13)14-5-6-15-17(22-14)11-21-23-15/h2-6,9-11,27H,7-8H2,1H3,(H,21,23)/t20-/m1/s1. The van der Waals surface area contributed by atoms with Crippen LogP contribution >= 0.6 is 0 Å². The van der Waals surface area contributed by atoms with Crippen LogP contribution in [0.1, 0.15) is 12.2 Å².